The standard InChI is InChI=1S/C20H25N3O/c24-20(14-11-16-7-3-1-4-8-16)23-19-13-12-18(15-21-19)22-17-9-5-2-6-10-17/h1,3-4,7-8,12-13,15,17,22H,2,5-6,9-11,14H2,(H,21,23,24). The summed E-state index contributed by atoms with van der Waals surface area (Å²) in [5, 5.41) is 6.40. The van der Waals surface area contributed by atoms with Crippen LogP contribution in [-0.2, 0) is 11.2 Å². The van der Waals surface area contributed by atoms with Gasteiger partial charge in [-0.2, -0.15) is 0 Å². The molecular formula is C20H25N3O. The summed E-state index contributed by atoms with van der Waals surface area (Å²) in [6, 6.07) is 14.5. The van der Waals surface area contributed by atoms with Crippen molar-refractivity contribution < 1.29 is 4.79 Å². The molecule has 0 unspecified atom stereocenters. The van der Waals surface area contributed by atoms with Crippen molar-refractivity contribution in [3.8, 4) is 0 Å². The number of aromatic nitrogens is 1. The van der Waals surface area contributed by atoms with E-state index in [9.17, 15) is 4.79 Å². The molecule has 0 spiro atoms. The second kappa shape index (κ2) is 8.48. The molecule has 1 saturated carbocycles. The van der Waals surface area contributed by atoms with Gasteiger partial charge in [-0.3, -0.25) is 4.79 Å². The third kappa shape index (κ3) is 5.08. The fourth-order valence-electron chi connectivity index (χ4n) is 3.14. The zero-order valence-corrected chi connectivity index (χ0v) is 14.0. The number of pyridine rings is 1. The molecule has 0 aliphatic heterocycles. The molecule has 24 heavy (non-hydrogen) atoms. The molecule has 0 radical (unpaired) electrons. The van der Waals surface area contributed by atoms with Crippen LogP contribution in [0.15, 0.2) is 48.7 Å². The van der Waals surface area contributed by atoms with E-state index in [0.717, 1.165) is 12.1 Å². The molecule has 1 aliphatic rings. The van der Waals surface area contributed by atoms with E-state index in [1.54, 1.807) is 6.20 Å². The largest absolute Gasteiger partial charge is 0.381 e. The van der Waals surface area contributed by atoms with E-state index < -0.39 is 0 Å². The summed E-state index contributed by atoms with van der Waals surface area (Å²) in [6.07, 6.45) is 9.45. The van der Waals surface area contributed by atoms with Crippen LogP contribution < -0.4 is 10.6 Å². The number of hydrogen-bond acceptors (Lipinski definition) is 3. The highest BCUT2D eigenvalue weighted by Crippen LogP contribution is 2.21. The SMILES string of the molecule is O=C(CCc1ccccc1)Nc1ccc(NC2CCCCC2)cn1. The topological polar surface area (TPSA) is 54.0 Å². The van der Waals surface area contributed by atoms with Crippen molar-refractivity contribution in [2.24, 2.45) is 0 Å². The zero-order valence-electron chi connectivity index (χ0n) is 14.0. The van der Waals surface area contributed by atoms with Crippen molar-refractivity contribution >= 4 is 17.4 Å². The number of nitrogens with one attached hydrogen (secondary N) is 2. The number of carbonyl (C=O) groups is 1. The molecule has 126 valence electrons. The molecule has 1 aromatic heterocycles. The maximum absolute atomic E-state index is 12.0. The van der Waals surface area contributed by atoms with Gasteiger partial charge in [0.2, 0.25) is 5.91 Å². The van der Waals surface area contributed by atoms with Crippen LogP contribution >= 0.6 is 0 Å². The summed E-state index contributed by atoms with van der Waals surface area (Å²) in [5.74, 6) is 0.613. The average Bonchev–Trinajstić information content (AvgIpc) is 2.63. The maximum atomic E-state index is 12.0. The quantitative estimate of drug-likeness (QED) is 0.828. The van der Waals surface area contributed by atoms with Crippen molar-refractivity contribution in [1.82, 2.24) is 4.98 Å². The lowest BCUT2D eigenvalue weighted by Crippen LogP contribution is -2.22. The van der Waals surface area contributed by atoms with Gasteiger partial charge in [-0.25, -0.2) is 4.98 Å². The number of aryl methyl sites for hydroxylation is 1. The average molecular weight is 323 g/mol. The molecule has 0 atom stereocenters. The molecule has 2 aromatic rings. The highest BCUT2D eigenvalue weighted by atomic mass is 16.1. The first kappa shape index (κ1) is 16.5. The van der Waals surface area contributed by atoms with E-state index in [-0.39, 0.29) is 5.91 Å². The fourth-order valence-corrected chi connectivity index (χ4v) is 3.14. The number of benzene rings is 1. The van der Waals surface area contributed by atoms with E-state index in [1.165, 1.54) is 37.7 Å². The Morgan fingerprint density at radius 2 is 1.83 bits per heavy atom. The fraction of sp³-hybridized carbons (Fsp3) is 0.400. The van der Waals surface area contributed by atoms with Gasteiger partial charge in [0.05, 0.1) is 11.9 Å². The van der Waals surface area contributed by atoms with Gasteiger partial charge in [0.1, 0.15) is 5.82 Å². The van der Waals surface area contributed by atoms with Gasteiger partial charge in [-0.15, -0.1) is 0 Å². The van der Waals surface area contributed by atoms with Crippen LogP contribution in [0.5, 0.6) is 0 Å². The molecule has 1 aromatic carbocycles. The van der Waals surface area contributed by atoms with Gasteiger partial charge in [0.15, 0.2) is 0 Å². The number of carbonyl (C=O) groups excluding carboxylic acids is 1. The predicted octanol–water partition coefficient (Wildman–Crippen LogP) is 4.40. The van der Waals surface area contributed by atoms with Crippen molar-refractivity contribution in [3.63, 3.8) is 0 Å². The van der Waals surface area contributed by atoms with Crippen molar-refractivity contribution in [3.05, 3.63) is 54.2 Å². The van der Waals surface area contributed by atoms with Crippen LogP contribution in [0.25, 0.3) is 0 Å². The van der Waals surface area contributed by atoms with Crippen LogP contribution in [0.3, 0.4) is 0 Å². The monoisotopic (exact) mass is 323 g/mol. The van der Waals surface area contributed by atoms with Crippen LogP contribution in [0.1, 0.15) is 44.1 Å². The van der Waals surface area contributed by atoms with Crippen molar-refractivity contribution in [2.45, 2.75) is 51.0 Å². The lowest BCUT2D eigenvalue weighted by Gasteiger charge is -2.23. The highest BCUT2D eigenvalue weighted by molar-refractivity contribution is 5.89. The lowest BCUT2D eigenvalue weighted by molar-refractivity contribution is -0.116. The first-order valence-electron chi connectivity index (χ1n) is 8.86. The second-order valence-corrected chi connectivity index (χ2v) is 6.45. The third-order valence-electron chi connectivity index (χ3n) is 4.49. The number of hydrogen-bond donors (Lipinski definition) is 2. The van der Waals surface area contributed by atoms with Gasteiger partial charge in [0, 0.05) is 12.5 Å². The summed E-state index contributed by atoms with van der Waals surface area (Å²) in [4.78, 5) is 16.4. The number of anilines is 2. The Hall–Kier alpha value is -2.36. The van der Waals surface area contributed by atoms with E-state index in [0.29, 0.717) is 18.3 Å². The number of rotatable bonds is 6. The molecule has 1 fully saturated rings. The highest BCUT2D eigenvalue weighted by Gasteiger charge is 2.13. The second-order valence-electron chi connectivity index (χ2n) is 6.45. The Kier molecular flexibility index (Phi) is 5.83. The molecule has 3 rings (SSSR count). The Balaban J connectivity index is 1.45. The molecular weight excluding hydrogens is 298 g/mol. The van der Waals surface area contributed by atoms with E-state index in [4.69, 9.17) is 0 Å². The first-order chi connectivity index (χ1) is 11.8. The summed E-state index contributed by atoms with van der Waals surface area (Å²) < 4.78 is 0. The Bertz CT molecular complexity index is 634. The van der Waals surface area contributed by atoms with Crippen LogP contribution in [0, 0.1) is 0 Å². The van der Waals surface area contributed by atoms with Gasteiger partial charge >= 0.3 is 0 Å². The van der Waals surface area contributed by atoms with Gasteiger partial charge in [-0.05, 0) is 37.0 Å². The summed E-state index contributed by atoms with van der Waals surface area (Å²) in [7, 11) is 0. The molecule has 0 saturated heterocycles. The summed E-state index contributed by atoms with van der Waals surface area (Å²) in [6.45, 7) is 0. The smallest absolute Gasteiger partial charge is 0.225 e. The van der Waals surface area contributed by atoms with Crippen molar-refractivity contribution in [2.75, 3.05) is 10.6 Å². The van der Waals surface area contributed by atoms with Gasteiger partial charge < -0.3 is 10.6 Å². The minimum absolute atomic E-state index is 0.000609. The molecule has 1 heterocycles. The van der Waals surface area contributed by atoms with E-state index in [1.807, 2.05) is 42.5 Å². The normalized spacial score (nSPS) is 15.0. The van der Waals surface area contributed by atoms with E-state index >= 15 is 0 Å². The lowest BCUT2D eigenvalue weighted by atomic mass is 9.95. The van der Waals surface area contributed by atoms with Gasteiger partial charge in [0.25, 0.3) is 0 Å². The van der Waals surface area contributed by atoms with Crippen LogP contribution in [0.4, 0.5) is 11.5 Å². The molecule has 4 heteroatoms. The van der Waals surface area contributed by atoms with Crippen LogP contribution in [-0.4, -0.2) is 16.9 Å². The maximum Gasteiger partial charge on any atom is 0.225 e. The van der Waals surface area contributed by atoms with E-state index in [2.05, 4.69) is 15.6 Å². The number of amides is 1. The molecule has 1 amide bonds. The Labute approximate surface area is 143 Å². The molecule has 0 bridgehead atoms. The van der Waals surface area contributed by atoms with Crippen LogP contribution in [0.2, 0.25) is 0 Å². The number of nitrogens with zero attached hydrogens (tertiary/aromatic N) is 1. The third-order valence-corrected chi connectivity index (χ3v) is 4.49. The summed E-state index contributed by atoms with van der Waals surface area (Å²) in [5.41, 5.74) is 2.21. The Morgan fingerprint density at radius 3 is 2.54 bits per heavy atom. The van der Waals surface area contributed by atoms with Crippen molar-refractivity contribution in [1.29, 1.82) is 0 Å². The first-order valence-corrected chi connectivity index (χ1v) is 8.86. The minimum Gasteiger partial charge on any atom is -0.381 e. The van der Waals surface area contributed by atoms with Gasteiger partial charge in [-0.1, -0.05) is 49.6 Å². The molecule has 2 N–H and O–H groups in total. The zero-order chi connectivity index (χ0) is 16.6. The molecule has 4 nitrogen and oxygen atoms in total. The Morgan fingerprint density at radius 1 is 1.04 bits per heavy atom. The predicted molar refractivity (Wildman–Crippen MR) is 98.1 cm³/mol. The minimum atomic E-state index is -0.000609. The summed E-state index contributed by atoms with van der Waals surface area (Å²) >= 11 is 0. The molecule has 1 aliphatic carbocycles.